The molecule has 154 valence electrons. The van der Waals surface area contributed by atoms with E-state index in [9.17, 15) is 9.59 Å². The number of carbonyl (C=O) groups excluding carboxylic acids is 2. The molecule has 3 aromatic rings. The first-order valence-electron chi connectivity index (χ1n) is 9.41. The van der Waals surface area contributed by atoms with Gasteiger partial charge in [0, 0.05) is 24.8 Å². The highest BCUT2D eigenvalue weighted by Crippen LogP contribution is 2.36. The number of anilines is 1. The van der Waals surface area contributed by atoms with E-state index in [1.165, 1.54) is 16.2 Å². The van der Waals surface area contributed by atoms with Gasteiger partial charge in [0.05, 0.1) is 14.9 Å². The highest BCUT2D eigenvalue weighted by atomic mass is 35.5. The standard InChI is InChI=1S/C21H20ClN5O2S/c1-21(2)18(28)27(20(29)26-21)11-10-23-19-24-12-14(13-6-4-3-5-7-13)17(25-19)15-8-9-16(22)30-15/h3-9,12H,10-11H2,1-2H3,(H,26,29)(H,23,24,25). The molecule has 4 rings (SSSR count). The molecule has 30 heavy (non-hydrogen) atoms. The molecule has 0 atom stereocenters. The Morgan fingerprint density at radius 1 is 1.17 bits per heavy atom. The summed E-state index contributed by atoms with van der Waals surface area (Å²) in [5.74, 6) is 0.170. The van der Waals surface area contributed by atoms with Gasteiger partial charge in [-0.05, 0) is 31.5 Å². The van der Waals surface area contributed by atoms with Crippen molar-refractivity contribution in [3.05, 3.63) is 53.0 Å². The zero-order valence-corrected chi connectivity index (χ0v) is 18.0. The van der Waals surface area contributed by atoms with Crippen molar-refractivity contribution >= 4 is 40.8 Å². The Kier molecular flexibility index (Phi) is 5.44. The molecule has 3 heterocycles. The normalized spacial score (nSPS) is 15.4. The van der Waals surface area contributed by atoms with Gasteiger partial charge in [0.1, 0.15) is 5.54 Å². The number of aromatic nitrogens is 2. The summed E-state index contributed by atoms with van der Waals surface area (Å²) >= 11 is 7.58. The average Bonchev–Trinajstić information content (AvgIpc) is 3.24. The molecule has 2 N–H and O–H groups in total. The maximum absolute atomic E-state index is 12.3. The first-order valence-corrected chi connectivity index (χ1v) is 10.6. The number of nitrogens with zero attached hydrogens (tertiary/aromatic N) is 3. The van der Waals surface area contributed by atoms with Crippen LogP contribution in [0.25, 0.3) is 21.7 Å². The van der Waals surface area contributed by atoms with Gasteiger partial charge < -0.3 is 10.6 Å². The van der Waals surface area contributed by atoms with E-state index in [1.54, 1.807) is 20.0 Å². The number of halogens is 1. The first kappa shape index (κ1) is 20.3. The minimum Gasteiger partial charge on any atom is -0.352 e. The Balaban J connectivity index is 1.55. The maximum atomic E-state index is 12.3. The van der Waals surface area contributed by atoms with E-state index in [0.29, 0.717) is 16.8 Å². The molecule has 2 aromatic heterocycles. The fourth-order valence-electron chi connectivity index (χ4n) is 3.23. The number of urea groups is 1. The van der Waals surface area contributed by atoms with Crippen LogP contribution in [0.3, 0.4) is 0 Å². The quantitative estimate of drug-likeness (QED) is 0.558. The number of nitrogens with one attached hydrogen (secondary N) is 2. The fourth-order valence-corrected chi connectivity index (χ4v) is 4.27. The molecular formula is C21H20ClN5O2S. The van der Waals surface area contributed by atoms with Crippen molar-refractivity contribution in [2.75, 3.05) is 18.4 Å². The Hall–Kier alpha value is -2.97. The lowest BCUT2D eigenvalue weighted by Gasteiger charge is -2.16. The van der Waals surface area contributed by atoms with E-state index in [4.69, 9.17) is 11.6 Å². The molecule has 0 bridgehead atoms. The van der Waals surface area contributed by atoms with Crippen molar-refractivity contribution in [1.82, 2.24) is 20.2 Å². The average molecular weight is 442 g/mol. The molecule has 7 nitrogen and oxygen atoms in total. The van der Waals surface area contributed by atoms with Gasteiger partial charge in [-0.3, -0.25) is 9.69 Å². The van der Waals surface area contributed by atoms with Crippen LogP contribution < -0.4 is 10.6 Å². The monoisotopic (exact) mass is 441 g/mol. The van der Waals surface area contributed by atoms with E-state index in [0.717, 1.165) is 21.7 Å². The lowest BCUT2D eigenvalue weighted by atomic mass is 10.1. The van der Waals surface area contributed by atoms with Gasteiger partial charge in [-0.25, -0.2) is 14.8 Å². The SMILES string of the molecule is CC1(C)NC(=O)N(CCNc2ncc(-c3ccccc3)c(-c3ccc(Cl)s3)n2)C1=O. The predicted molar refractivity (Wildman–Crippen MR) is 119 cm³/mol. The van der Waals surface area contributed by atoms with Crippen LogP contribution in [0.1, 0.15) is 13.8 Å². The number of rotatable bonds is 6. The van der Waals surface area contributed by atoms with Crippen LogP contribution in [-0.2, 0) is 4.79 Å². The number of imide groups is 1. The molecule has 1 fully saturated rings. The van der Waals surface area contributed by atoms with E-state index in [1.807, 2.05) is 42.5 Å². The van der Waals surface area contributed by atoms with Crippen LogP contribution in [0.5, 0.6) is 0 Å². The summed E-state index contributed by atoms with van der Waals surface area (Å²) in [6, 6.07) is 13.3. The maximum Gasteiger partial charge on any atom is 0.325 e. The smallest absolute Gasteiger partial charge is 0.325 e. The Bertz CT molecular complexity index is 1100. The minimum atomic E-state index is -0.878. The molecule has 0 radical (unpaired) electrons. The second-order valence-corrected chi connectivity index (χ2v) is 9.08. The van der Waals surface area contributed by atoms with Crippen LogP contribution in [0.15, 0.2) is 48.7 Å². The Labute approximate surface area is 183 Å². The van der Waals surface area contributed by atoms with Gasteiger partial charge in [-0.1, -0.05) is 41.9 Å². The number of hydrogen-bond donors (Lipinski definition) is 2. The molecule has 3 amide bonds. The van der Waals surface area contributed by atoms with Gasteiger partial charge in [0.2, 0.25) is 5.95 Å². The molecule has 0 saturated carbocycles. The molecule has 0 unspecified atom stereocenters. The summed E-state index contributed by atoms with van der Waals surface area (Å²) in [5.41, 5.74) is 1.80. The summed E-state index contributed by atoms with van der Waals surface area (Å²) in [5, 5.41) is 5.78. The van der Waals surface area contributed by atoms with Gasteiger partial charge in [-0.15, -0.1) is 11.3 Å². The highest BCUT2D eigenvalue weighted by Gasteiger charge is 2.43. The van der Waals surface area contributed by atoms with Crippen LogP contribution in [-0.4, -0.2) is 45.4 Å². The zero-order chi connectivity index (χ0) is 21.3. The summed E-state index contributed by atoms with van der Waals surface area (Å²) in [7, 11) is 0. The van der Waals surface area contributed by atoms with Gasteiger partial charge >= 0.3 is 6.03 Å². The summed E-state index contributed by atoms with van der Waals surface area (Å²) in [4.78, 5) is 35.5. The largest absolute Gasteiger partial charge is 0.352 e. The molecule has 1 aliphatic rings. The third kappa shape index (κ3) is 4.01. The van der Waals surface area contributed by atoms with Crippen molar-refractivity contribution in [1.29, 1.82) is 0 Å². The van der Waals surface area contributed by atoms with Crippen LogP contribution >= 0.6 is 22.9 Å². The van der Waals surface area contributed by atoms with Crippen molar-refractivity contribution in [3.8, 4) is 21.7 Å². The summed E-state index contributed by atoms with van der Waals surface area (Å²) in [6.45, 7) is 3.93. The summed E-state index contributed by atoms with van der Waals surface area (Å²) in [6.07, 6.45) is 1.77. The third-order valence-corrected chi connectivity index (χ3v) is 5.98. The van der Waals surface area contributed by atoms with Crippen LogP contribution in [0.4, 0.5) is 10.7 Å². The number of thiophene rings is 1. The van der Waals surface area contributed by atoms with E-state index < -0.39 is 5.54 Å². The molecular weight excluding hydrogens is 422 g/mol. The highest BCUT2D eigenvalue weighted by molar-refractivity contribution is 7.19. The van der Waals surface area contributed by atoms with Crippen LogP contribution in [0.2, 0.25) is 4.34 Å². The van der Waals surface area contributed by atoms with Gasteiger partial charge in [-0.2, -0.15) is 0 Å². The van der Waals surface area contributed by atoms with Crippen molar-refractivity contribution in [2.45, 2.75) is 19.4 Å². The minimum absolute atomic E-state index is 0.220. The number of hydrogen-bond acceptors (Lipinski definition) is 6. The molecule has 1 aliphatic heterocycles. The fraction of sp³-hybridized carbons (Fsp3) is 0.238. The summed E-state index contributed by atoms with van der Waals surface area (Å²) < 4.78 is 0.679. The molecule has 0 aliphatic carbocycles. The van der Waals surface area contributed by atoms with Crippen molar-refractivity contribution < 1.29 is 9.59 Å². The lowest BCUT2D eigenvalue weighted by molar-refractivity contribution is -0.130. The van der Waals surface area contributed by atoms with E-state index in [2.05, 4.69) is 20.6 Å². The zero-order valence-electron chi connectivity index (χ0n) is 16.5. The second kappa shape index (κ2) is 8.04. The Morgan fingerprint density at radius 2 is 1.93 bits per heavy atom. The lowest BCUT2D eigenvalue weighted by Crippen LogP contribution is -2.40. The van der Waals surface area contributed by atoms with Crippen LogP contribution in [0, 0.1) is 0 Å². The predicted octanol–water partition coefficient (Wildman–Crippen LogP) is 4.27. The third-order valence-electron chi connectivity index (χ3n) is 4.74. The second-order valence-electron chi connectivity index (χ2n) is 7.36. The first-order chi connectivity index (χ1) is 14.3. The molecule has 1 saturated heterocycles. The Morgan fingerprint density at radius 3 is 2.57 bits per heavy atom. The molecule has 0 spiro atoms. The van der Waals surface area contributed by atoms with E-state index in [-0.39, 0.29) is 18.5 Å². The van der Waals surface area contributed by atoms with Crippen molar-refractivity contribution in [2.24, 2.45) is 0 Å². The number of benzene rings is 1. The molecule has 9 heteroatoms. The number of carbonyl (C=O) groups is 2. The van der Waals surface area contributed by atoms with Gasteiger partial charge in [0.25, 0.3) is 5.91 Å². The number of amides is 3. The topological polar surface area (TPSA) is 87.2 Å². The van der Waals surface area contributed by atoms with Crippen molar-refractivity contribution in [3.63, 3.8) is 0 Å². The molecule has 1 aromatic carbocycles. The van der Waals surface area contributed by atoms with E-state index >= 15 is 0 Å². The van der Waals surface area contributed by atoms with Gasteiger partial charge in [0.15, 0.2) is 0 Å².